The second-order valence-electron chi connectivity index (χ2n) is 6.08. The van der Waals surface area contributed by atoms with Crippen LogP contribution in [0.4, 0.5) is 0 Å². The van der Waals surface area contributed by atoms with Crippen molar-refractivity contribution in [2.24, 2.45) is 5.41 Å². The summed E-state index contributed by atoms with van der Waals surface area (Å²) in [4.78, 5) is 21.7. The second kappa shape index (κ2) is 6.00. The van der Waals surface area contributed by atoms with Crippen molar-refractivity contribution in [1.29, 1.82) is 0 Å². The molecule has 2 atom stereocenters. The molecular weight excluding hydrogens is 290 g/mol. The third-order valence-electron chi connectivity index (χ3n) is 4.40. The van der Waals surface area contributed by atoms with Gasteiger partial charge in [-0.3, -0.25) is 14.7 Å². The number of thiazole rings is 1. The smallest absolute Gasteiger partial charge is 0.232 e. The molecule has 1 amide bonds. The van der Waals surface area contributed by atoms with Crippen molar-refractivity contribution >= 4 is 17.2 Å². The highest BCUT2D eigenvalue weighted by atomic mass is 32.1. The first-order valence-electron chi connectivity index (χ1n) is 7.31. The second-order valence-corrected chi connectivity index (χ2v) is 7.06. The number of likely N-dealkylation sites (tertiary alicyclic amines) is 2. The summed E-state index contributed by atoms with van der Waals surface area (Å²) in [5.41, 5.74) is 1.52. The van der Waals surface area contributed by atoms with Crippen LogP contribution in [0.1, 0.15) is 17.7 Å². The first kappa shape index (κ1) is 14.9. The average Bonchev–Trinajstić information content (AvgIpc) is 3.00. The first-order valence-corrected chi connectivity index (χ1v) is 8.19. The zero-order chi connectivity index (χ0) is 14.9. The van der Waals surface area contributed by atoms with Gasteiger partial charge in [-0.2, -0.15) is 0 Å². The van der Waals surface area contributed by atoms with Crippen LogP contribution in [0.2, 0.25) is 0 Å². The molecule has 2 aliphatic rings. The van der Waals surface area contributed by atoms with E-state index >= 15 is 0 Å². The van der Waals surface area contributed by atoms with Crippen LogP contribution in [0.3, 0.4) is 0 Å². The van der Waals surface area contributed by atoms with Gasteiger partial charge in [0.15, 0.2) is 0 Å². The number of amides is 1. The standard InChI is InChI=1S/C14H21N3O3S/c18-7-11(19)5-16-3-1-2-14(8-16)9-17(13(14)20)6-12-4-15-10-21-12/h4,10-11,18-19H,1-3,5-9H2/t11-,14-/m1/s1. The molecule has 3 rings (SSSR count). The van der Waals surface area contributed by atoms with Crippen molar-refractivity contribution < 1.29 is 15.0 Å². The Bertz CT molecular complexity index is 496. The number of hydrogen-bond acceptors (Lipinski definition) is 6. The number of carbonyl (C=O) groups is 1. The van der Waals surface area contributed by atoms with Crippen LogP contribution < -0.4 is 0 Å². The number of piperidine rings is 1. The molecule has 1 aromatic rings. The van der Waals surface area contributed by atoms with Crippen molar-refractivity contribution in [1.82, 2.24) is 14.8 Å². The lowest BCUT2D eigenvalue weighted by Gasteiger charge is -2.53. The molecular formula is C14H21N3O3S. The van der Waals surface area contributed by atoms with Crippen molar-refractivity contribution in [2.45, 2.75) is 25.5 Å². The Morgan fingerprint density at radius 2 is 2.33 bits per heavy atom. The third-order valence-corrected chi connectivity index (χ3v) is 5.16. The SMILES string of the molecule is O=C1N(Cc2cncs2)C[C@]12CCCN(C[C@@H](O)CO)C2. The van der Waals surface area contributed by atoms with Crippen molar-refractivity contribution in [3.05, 3.63) is 16.6 Å². The Morgan fingerprint density at radius 1 is 1.48 bits per heavy atom. The Kier molecular flexibility index (Phi) is 4.26. The van der Waals surface area contributed by atoms with E-state index in [0.717, 1.165) is 30.8 Å². The predicted octanol–water partition coefficient (Wildman–Crippen LogP) is -0.0793. The maximum absolute atomic E-state index is 12.5. The average molecular weight is 311 g/mol. The minimum Gasteiger partial charge on any atom is -0.394 e. The summed E-state index contributed by atoms with van der Waals surface area (Å²) in [6.07, 6.45) is 2.99. The fourth-order valence-corrected chi connectivity index (χ4v) is 4.04. The fourth-order valence-electron chi connectivity index (χ4n) is 3.43. The van der Waals surface area contributed by atoms with Crippen LogP contribution in [-0.2, 0) is 11.3 Å². The van der Waals surface area contributed by atoms with Gasteiger partial charge in [0.05, 0.1) is 30.2 Å². The number of β-lactam (4-membered cyclic amide) rings is 1. The number of carbonyl (C=O) groups excluding carboxylic acids is 1. The molecule has 2 fully saturated rings. The van der Waals surface area contributed by atoms with Gasteiger partial charge in [0.1, 0.15) is 0 Å². The molecule has 7 heteroatoms. The Balaban J connectivity index is 1.57. The molecule has 2 aliphatic heterocycles. The number of nitrogens with zero attached hydrogens (tertiary/aromatic N) is 3. The molecule has 6 nitrogen and oxygen atoms in total. The molecule has 3 heterocycles. The van der Waals surface area contributed by atoms with Crippen LogP contribution in [-0.4, -0.2) is 69.8 Å². The minimum atomic E-state index is -0.719. The molecule has 2 N–H and O–H groups in total. The molecule has 1 spiro atoms. The highest BCUT2D eigenvalue weighted by molar-refractivity contribution is 7.09. The predicted molar refractivity (Wildman–Crippen MR) is 78.7 cm³/mol. The number of β-amino-alcohol motifs (C(OH)–C–C–N with tert-alkyl or cyclic N) is 1. The highest BCUT2D eigenvalue weighted by Gasteiger charge is 2.53. The quantitative estimate of drug-likeness (QED) is 0.744. The Hall–Kier alpha value is -1.02. The van der Waals surface area contributed by atoms with E-state index in [2.05, 4.69) is 9.88 Å². The molecule has 1 aromatic heterocycles. The van der Waals surface area contributed by atoms with Gasteiger partial charge in [-0.15, -0.1) is 11.3 Å². The molecule has 0 aromatic carbocycles. The van der Waals surface area contributed by atoms with Gasteiger partial charge in [-0.05, 0) is 19.4 Å². The summed E-state index contributed by atoms with van der Waals surface area (Å²) in [6, 6.07) is 0. The molecule has 0 aliphatic carbocycles. The van der Waals surface area contributed by atoms with E-state index in [1.54, 1.807) is 16.8 Å². The normalized spacial score (nSPS) is 27.9. The van der Waals surface area contributed by atoms with Crippen LogP contribution >= 0.6 is 11.3 Å². The highest BCUT2D eigenvalue weighted by Crippen LogP contribution is 2.41. The zero-order valence-electron chi connectivity index (χ0n) is 11.9. The summed E-state index contributed by atoms with van der Waals surface area (Å²) < 4.78 is 0. The van der Waals surface area contributed by atoms with E-state index < -0.39 is 6.10 Å². The maximum Gasteiger partial charge on any atom is 0.232 e. The Morgan fingerprint density at radius 3 is 3.00 bits per heavy atom. The van der Waals surface area contributed by atoms with Gasteiger partial charge < -0.3 is 15.1 Å². The number of hydrogen-bond donors (Lipinski definition) is 2. The molecule has 0 bridgehead atoms. The van der Waals surface area contributed by atoms with Crippen molar-refractivity contribution in [3.8, 4) is 0 Å². The minimum absolute atomic E-state index is 0.221. The summed E-state index contributed by atoms with van der Waals surface area (Å²) in [5, 5.41) is 18.5. The van der Waals surface area contributed by atoms with E-state index in [0.29, 0.717) is 19.6 Å². The van der Waals surface area contributed by atoms with E-state index in [-0.39, 0.29) is 17.9 Å². The van der Waals surface area contributed by atoms with Gasteiger partial charge in [-0.1, -0.05) is 0 Å². The van der Waals surface area contributed by atoms with E-state index in [4.69, 9.17) is 5.11 Å². The van der Waals surface area contributed by atoms with Crippen LogP contribution in [0, 0.1) is 5.41 Å². The molecule has 21 heavy (non-hydrogen) atoms. The third kappa shape index (κ3) is 2.96. The summed E-state index contributed by atoms with van der Waals surface area (Å²) in [6.45, 7) is 3.25. The monoisotopic (exact) mass is 311 g/mol. The maximum atomic E-state index is 12.5. The zero-order valence-corrected chi connectivity index (χ0v) is 12.8. The van der Waals surface area contributed by atoms with Gasteiger partial charge in [-0.25, -0.2) is 0 Å². The lowest BCUT2D eigenvalue weighted by atomic mass is 9.72. The lowest BCUT2D eigenvalue weighted by Crippen LogP contribution is -2.66. The number of rotatable bonds is 5. The number of aromatic nitrogens is 1. The fraction of sp³-hybridized carbons (Fsp3) is 0.714. The Labute approximate surface area is 128 Å². The van der Waals surface area contributed by atoms with E-state index in [9.17, 15) is 9.90 Å². The summed E-state index contributed by atoms with van der Waals surface area (Å²) in [5.74, 6) is 0.221. The first-order chi connectivity index (χ1) is 10.1. The van der Waals surface area contributed by atoms with Crippen LogP contribution in [0.5, 0.6) is 0 Å². The number of aliphatic hydroxyl groups excluding tert-OH is 2. The van der Waals surface area contributed by atoms with Gasteiger partial charge in [0.2, 0.25) is 5.91 Å². The van der Waals surface area contributed by atoms with Crippen molar-refractivity contribution in [3.63, 3.8) is 0 Å². The van der Waals surface area contributed by atoms with E-state index in [1.165, 1.54) is 0 Å². The molecule has 0 unspecified atom stereocenters. The molecule has 0 radical (unpaired) electrons. The van der Waals surface area contributed by atoms with Crippen LogP contribution in [0.25, 0.3) is 0 Å². The lowest BCUT2D eigenvalue weighted by molar-refractivity contribution is -0.168. The number of aliphatic hydroxyl groups is 2. The molecule has 0 saturated carbocycles. The largest absolute Gasteiger partial charge is 0.394 e. The van der Waals surface area contributed by atoms with Gasteiger partial charge in [0, 0.05) is 30.7 Å². The van der Waals surface area contributed by atoms with Gasteiger partial charge in [0.25, 0.3) is 0 Å². The van der Waals surface area contributed by atoms with Crippen molar-refractivity contribution in [2.75, 3.05) is 32.8 Å². The van der Waals surface area contributed by atoms with Gasteiger partial charge >= 0.3 is 0 Å². The van der Waals surface area contributed by atoms with E-state index in [1.807, 2.05) is 11.1 Å². The molecule has 2 saturated heterocycles. The summed E-state index contributed by atoms with van der Waals surface area (Å²) in [7, 11) is 0. The summed E-state index contributed by atoms with van der Waals surface area (Å²) >= 11 is 1.57. The molecule has 116 valence electrons. The topological polar surface area (TPSA) is 76.9 Å². The van der Waals surface area contributed by atoms with Crippen LogP contribution in [0.15, 0.2) is 11.7 Å².